The molecule has 0 saturated heterocycles. The summed E-state index contributed by atoms with van der Waals surface area (Å²) in [6.45, 7) is 2.87. The molecule has 0 aliphatic rings. The Bertz CT molecular complexity index is 1700. The van der Waals surface area contributed by atoms with Gasteiger partial charge in [0.15, 0.2) is 0 Å². The van der Waals surface area contributed by atoms with Gasteiger partial charge >= 0.3 is 11.4 Å². The second kappa shape index (κ2) is 11.5. The van der Waals surface area contributed by atoms with Gasteiger partial charge in [0, 0.05) is 11.8 Å². The number of amides is 1. The average Bonchev–Trinajstić information content (AvgIpc) is 3.27. The van der Waals surface area contributed by atoms with Crippen LogP contribution in [0.25, 0.3) is 11.1 Å². The Balaban J connectivity index is 1.20. The number of hydrogen-bond donors (Lipinski definition) is 2. The number of aromatic nitrogens is 3. The summed E-state index contributed by atoms with van der Waals surface area (Å²) >= 11 is 0. The highest BCUT2D eigenvalue weighted by Crippen LogP contribution is 2.26. The molecular weight excluding hydrogens is 496 g/mol. The largest absolute Gasteiger partial charge is 0.489 e. The molecule has 5 aromatic rings. The molecule has 39 heavy (non-hydrogen) atoms. The number of aryl methyl sites for hydroxylation is 1. The first-order valence-electron chi connectivity index (χ1n) is 12.3. The number of carbonyl (C=O) groups excluding carboxylic acids is 1. The van der Waals surface area contributed by atoms with E-state index in [0.717, 1.165) is 38.3 Å². The zero-order valence-electron chi connectivity index (χ0n) is 21.2. The summed E-state index contributed by atoms with van der Waals surface area (Å²) in [5, 5.41) is 2.91. The van der Waals surface area contributed by atoms with Crippen LogP contribution in [0.3, 0.4) is 0 Å². The summed E-state index contributed by atoms with van der Waals surface area (Å²) in [6, 6.07) is 26.6. The minimum absolute atomic E-state index is 0.143. The summed E-state index contributed by atoms with van der Waals surface area (Å²) < 4.78 is 11.7. The van der Waals surface area contributed by atoms with E-state index in [1.807, 2.05) is 73.7 Å². The number of nitrogens with one attached hydrogen (secondary N) is 2. The van der Waals surface area contributed by atoms with E-state index in [-0.39, 0.29) is 12.5 Å². The number of ether oxygens (including phenoxy) is 1. The van der Waals surface area contributed by atoms with E-state index in [0.29, 0.717) is 24.5 Å². The Hall–Kier alpha value is -5.18. The van der Waals surface area contributed by atoms with E-state index in [9.17, 15) is 14.4 Å². The van der Waals surface area contributed by atoms with Gasteiger partial charge in [-0.1, -0.05) is 42.5 Å². The van der Waals surface area contributed by atoms with Gasteiger partial charge in [0.25, 0.3) is 5.91 Å². The number of hydrogen-bond acceptors (Lipinski definition) is 6. The fraction of sp³-hybridized carbons (Fsp3) is 0.133. The Labute approximate surface area is 223 Å². The molecule has 9 nitrogen and oxygen atoms in total. The van der Waals surface area contributed by atoms with Crippen molar-refractivity contribution in [3.8, 4) is 16.9 Å². The number of aromatic amines is 1. The summed E-state index contributed by atoms with van der Waals surface area (Å²) in [5.74, 6) is -0.257. The summed E-state index contributed by atoms with van der Waals surface area (Å²) in [4.78, 5) is 41.7. The second-order valence-corrected chi connectivity index (χ2v) is 9.01. The van der Waals surface area contributed by atoms with Crippen LogP contribution in [0.4, 0.5) is 0 Å². The summed E-state index contributed by atoms with van der Waals surface area (Å²) in [6.07, 6.45) is 1.70. The van der Waals surface area contributed by atoms with Crippen molar-refractivity contribution in [3.63, 3.8) is 0 Å². The van der Waals surface area contributed by atoms with Gasteiger partial charge in [0.2, 0.25) is 0 Å². The number of benzene rings is 3. The zero-order valence-corrected chi connectivity index (χ0v) is 21.2. The fourth-order valence-corrected chi connectivity index (χ4v) is 4.17. The standard InChI is InChI=1S/C30H26N4O5/c1-20-15-24(28(35)32-17-25-7-2-3-14-31-25)10-13-27(20)23-6-4-5-22(16-23)19-38-26-11-8-21(9-12-26)18-34-29(36)33-30(37)39-34/h2-16H,17-19H2,1H3,(H,32,35)(H,33,36,37). The molecule has 3 aromatic carbocycles. The topological polar surface area (TPSA) is 119 Å². The molecule has 2 aromatic heterocycles. The Kier molecular flexibility index (Phi) is 7.49. The molecule has 0 saturated carbocycles. The van der Waals surface area contributed by atoms with Crippen molar-refractivity contribution in [3.05, 3.63) is 140 Å². The van der Waals surface area contributed by atoms with Crippen LogP contribution >= 0.6 is 0 Å². The highest BCUT2D eigenvalue weighted by atomic mass is 16.5. The number of H-pyrrole nitrogens is 1. The smallest absolute Gasteiger partial charge is 0.440 e. The van der Waals surface area contributed by atoms with Gasteiger partial charge < -0.3 is 14.6 Å². The maximum atomic E-state index is 12.6. The predicted octanol–water partition coefficient (Wildman–Crippen LogP) is 4.06. The summed E-state index contributed by atoms with van der Waals surface area (Å²) in [5.41, 5.74) is 5.65. The molecule has 0 radical (unpaired) electrons. The van der Waals surface area contributed by atoms with Gasteiger partial charge in [-0.3, -0.25) is 9.78 Å². The lowest BCUT2D eigenvalue weighted by Gasteiger charge is -2.12. The monoisotopic (exact) mass is 522 g/mol. The van der Waals surface area contributed by atoms with Crippen LogP contribution in [0, 0.1) is 6.92 Å². The van der Waals surface area contributed by atoms with Gasteiger partial charge in [0.05, 0.1) is 18.8 Å². The van der Waals surface area contributed by atoms with E-state index in [2.05, 4.69) is 21.4 Å². The van der Waals surface area contributed by atoms with Crippen LogP contribution in [0.1, 0.15) is 32.7 Å². The molecule has 0 unspecified atom stereocenters. The molecule has 196 valence electrons. The Morgan fingerprint density at radius 1 is 0.974 bits per heavy atom. The molecule has 9 heteroatoms. The fourth-order valence-electron chi connectivity index (χ4n) is 4.17. The third-order valence-corrected chi connectivity index (χ3v) is 6.17. The molecule has 2 N–H and O–H groups in total. The second-order valence-electron chi connectivity index (χ2n) is 9.01. The van der Waals surface area contributed by atoms with E-state index in [1.165, 1.54) is 0 Å². The molecule has 5 rings (SSSR count). The van der Waals surface area contributed by atoms with E-state index in [4.69, 9.17) is 9.26 Å². The number of rotatable bonds is 9. The number of nitrogens with zero attached hydrogens (tertiary/aromatic N) is 2. The quantitative estimate of drug-likeness (QED) is 0.301. The van der Waals surface area contributed by atoms with E-state index >= 15 is 0 Å². The number of pyridine rings is 1. The van der Waals surface area contributed by atoms with E-state index in [1.54, 1.807) is 18.3 Å². The molecule has 0 aliphatic heterocycles. The minimum atomic E-state index is -0.782. The first-order valence-corrected chi connectivity index (χ1v) is 12.3. The lowest BCUT2D eigenvalue weighted by atomic mass is 9.97. The minimum Gasteiger partial charge on any atom is -0.489 e. The SMILES string of the molecule is Cc1cc(C(=O)NCc2ccccn2)ccc1-c1cccc(COc2ccc(Cn3oc(=O)[nH]c3=O)cc2)c1. The van der Waals surface area contributed by atoms with Gasteiger partial charge in [0.1, 0.15) is 12.4 Å². The van der Waals surface area contributed by atoms with Crippen molar-refractivity contribution >= 4 is 5.91 Å². The van der Waals surface area contributed by atoms with Crippen LogP contribution in [0.15, 0.2) is 105 Å². The van der Waals surface area contributed by atoms with Gasteiger partial charge in [-0.15, -0.1) is 4.74 Å². The highest BCUT2D eigenvalue weighted by Gasteiger charge is 2.10. The molecule has 0 fully saturated rings. The molecule has 1 amide bonds. The third-order valence-electron chi connectivity index (χ3n) is 6.17. The van der Waals surface area contributed by atoms with Crippen molar-refractivity contribution in [1.29, 1.82) is 0 Å². The first-order chi connectivity index (χ1) is 18.9. The molecule has 0 spiro atoms. The van der Waals surface area contributed by atoms with Crippen molar-refractivity contribution in [2.24, 2.45) is 0 Å². The lowest BCUT2D eigenvalue weighted by molar-refractivity contribution is 0.0950. The van der Waals surface area contributed by atoms with Crippen LogP contribution in [0.5, 0.6) is 5.75 Å². The van der Waals surface area contributed by atoms with E-state index < -0.39 is 11.4 Å². The third kappa shape index (κ3) is 6.40. The highest BCUT2D eigenvalue weighted by molar-refractivity contribution is 5.95. The zero-order chi connectivity index (χ0) is 27.2. The Morgan fingerprint density at radius 2 is 1.82 bits per heavy atom. The van der Waals surface area contributed by atoms with Crippen LogP contribution in [-0.4, -0.2) is 20.6 Å². The number of carbonyl (C=O) groups is 1. The molecule has 0 atom stereocenters. The predicted molar refractivity (Wildman–Crippen MR) is 145 cm³/mol. The van der Waals surface area contributed by atoms with Crippen molar-refractivity contribution in [2.45, 2.75) is 26.6 Å². The van der Waals surface area contributed by atoms with Gasteiger partial charge in [-0.25, -0.2) is 14.6 Å². The van der Waals surface area contributed by atoms with Gasteiger partial charge in [-0.2, -0.15) is 0 Å². The molecular formula is C30H26N4O5. The lowest BCUT2D eigenvalue weighted by Crippen LogP contribution is -2.23. The normalized spacial score (nSPS) is 10.8. The van der Waals surface area contributed by atoms with Crippen LogP contribution < -0.4 is 21.5 Å². The molecule has 0 bridgehead atoms. The maximum Gasteiger partial charge on any atom is 0.440 e. The van der Waals surface area contributed by atoms with Crippen LogP contribution in [-0.2, 0) is 19.7 Å². The molecule has 0 aliphatic carbocycles. The van der Waals surface area contributed by atoms with Crippen molar-refractivity contribution in [1.82, 2.24) is 20.0 Å². The molecule has 2 heterocycles. The van der Waals surface area contributed by atoms with Crippen molar-refractivity contribution in [2.75, 3.05) is 0 Å². The van der Waals surface area contributed by atoms with Crippen LogP contribution in [0.2, 0.25) is 0 Å². The van der Waals surface area contributed by atoms with Crippen molar-refractivity contribution < 1.29 is 14.1 Å². The maximum absolute atomic E-state index is 12.6. The summed E-state index contributed by atoms with van der Waals surface area (Å²) in [7, 11) is 0. The average molecular weight is 523 g/mol. The van der Waals surface area contributed by atoms with Gasteiger partial charge in [-0.05, 0) is 77.2 Å². The Morgan fingerprint density at radius 3 is 2.54 bits per heavy atom. The first kappa shape index (κ1) is 25.5.